The van der Waals surface area contributed by atoms with Crippen molar-refractivity contribution in [2.24, 2.45) is 5.73 Å². The SMILES string of the molecule is CCCCc1cccc2c(CCCCN)c(-c3ccc4c(c3)OCO4)[nH]c12. The van der Waals surface area contributed by atoms with Gasteiger partial charge >= 0.3 is 0 Å². The zero-order valence-electron chi connectivity index (χ0n) is 16.0. The summed E-state index contributed by atoms with van der Waals surface area (Å²) in [5.74, 6) is 1.65. The maximum Gasteiger partial charge on any atom is 0.231 e. The summed E-state index contributed by atoms with van der Waals surface area (Å²) in [7, 11) is 0. The number of rotatable bonds is 8. The van der Waals surface area contributed by atoms with Crippen LogP contribution in [0.5, 0.6) is 11.5 Å². The van der Waals surface area contributed by atoms with Gasteiger partial charge in [-0.05, 0) is 68.0 Å². The zero-order chi connectivity index (χ0) is 18.6. The van der Waals surface area contributed by atoms with Crippen LogP contribution in [0.3, 0.4) is 0 Å². The summed E-state index contributed by atoms with van der Waals surface area (Å²) >= 11 is 0. The first-order chi connectivity index (χ1) is 13.3. The van der Waals surface area contributed by atoms with Crippen molar-refractivity contribution in [2.75, 3.05) is 13.3 Å². The first-order valence-corrected chi connectivity index (χ1v) is 10.0. The summed E-state index contributed by atoms with van der Waals surface area (Å²) in [5.41, 5.74) is 12.2. The summed E-state index contributed by atoms with van der Waals surface area (Å²) in [6, 6.07) is 12.9. The first-order valence-electron chi connectivity index (χ1n) is 10.0. The predicted molar refractivity (Wildman–Crippen MR) is 110 cm³/mol. The Labute approximate surface area is 160 Å². The highest BCUT2D eigenvalue weighted by Gasteiger charge is 2.19. The van der Waals surface area contributed by atoms with Crippen LogP contribution in [0.4, 0.5) is 0 Å². The Morgan fingerprint density at radius 2 is 1.89 bits per heavy atom. The Morgan fingerprint density at radius 3 is 2.74 bits per heavy atom. The van der Waals surface area contributed by atoms with E-state index in [0.29, 0.717) is 6.79 Å². The minimum Gasteiger partial charge on any atom is -0.454 e. The van der Waals surface area contributed by atoms with Crippen molar-refractivity contribution in [2.45, 2.75) is 45.4 Å². The molecule has 0 atom stereocenters. The average molecular weight is 364 g/mol. The number of H-pyrrole nitrogens is 1. The lowest BCUT2D eigenvalue weighted by molar-refractivity contribution is 0.174. The number of fused-ring (bicyclic) bond motifs is 2. The van der Waals surface area contributed by atoms with Crippen LogP contribution in [0, 0.1) is 0 Å². The number of hydrogen-bond acceptors (Lipinski definition) is 3. The molecule has 1 aliphatic heterocycles. The molecule has 4 rings (SSSR count). The van der Waals surface area contributed by atoms with E-state index in [1.807, 2.05) is 6.07 Å². The molecule has 0 saturated heterocycles. The molecule has 1 aliphatic rings. The van der Waals surface area contributed by atoms with Crippen LogP contribution in [0.1, 0.15) is 43.7 Å². The highest BCUT2D eigenvalue weighted by molar-refractivity contribution is 5.93. The second-order valence-electron chi connectivity index (χ2n) is 7.24. The van der Waals surface area contributed by atoms with Gasteiger partial charge in [0.1, 0.15) is 0 Å². The van der Waals surface area contributed by atoms with Gasteiger partial charge in [-0.25, -0.2) is 0 Å². The van der Waals surface area contributed by atoms with Crippen LogP contribution in [-0.2, 0) is 12.8 Å². The molecule has 4 heteroatoms. The minimum atomic E-state index is 0.302. The lowest BCUT2D eigenvalue weighted by Crippen LogP contribution is -1.99. The van der Waals surface area contributed by atoms with Gasteiger partial charge in [-0.15, -0.1) is 0 Å². The molecule has 0 radical (unpaired) electrons. The largest absolute Gasteiger partial charge is 0.454 e. The molecule has 1 aromatic heterocycles. The quantitative estimate of drug-likeness (QED) is 0.541. The summed E-state index contributed by atoms with van der Waals surface area (Å²) in [6.07, 6.45) is 6.69. The monoisotopic (exact) mass is 364 g/mol. The lowest BCUT2D eigenvalue weighted by atomic mass is 9.98. The molecular formula is C23H28N2O2. The maximum absolute atomic E-state index is 5.73. The summed E-state index contributed by atoms with van der Waals surface area (Å²) in [6.45, 7) is 3.28. The van der Waals surface area contributed by atoms with Crippen LogP contribution in [-0.4, -0.2) is 18.3 Å². The lowest BCUT2D eigenvalue weighted by Gasteiger charge is -2.06. The Balaban J connectivity index is 1.80. The van der Waals surface area contributed by atoms with E-state index in [0.717, 1.165) is 49.3 Å². The second kappa shape index (κ2) is 8.05. The molecule has 3 N–H and O–H groups in total. The van der Waals surface area contributed by atoms with Gasteiger partial charge in [-0.1, -0.05) is 31.5 Å². The van der Waals surface area contributed by atoms with Gasteiger partial charge < -0.3 is 20.2 Å². The highest BCUT2D eigenvalue weighted by Crippen LogP contribution is 2.39. The Hall–Kier alpha value is -2.46. The van der Waals surface area contributed by atoms with Gasteiger partial charge in [0.2, 0.25) is 6.79 Å². The third-order valence-electron chi connectivity index (χ3n) is 5.37. The number of benzene rings is 2. The van der Waals surface area contributed by atoms with Crippen LogP contribution in [0.15, 0.2) is 36.4 Å². The van der Waals surface area contributed by atoms with E-state index < -0.39 is 0 Å². The molecule has 2 aromatic carbocycles. The highest BCUT2D eigenvalue weighted by atomic mass is 16.7. The second-order valence-corrected chi connectivity index (χ2v) is 7.24. The van der Waals surface area contributed by atoms with Gasteiger partial charge in [0.05, 0.1) is 0 Å². The molecule has 0 amide bonds. The number of nitrogens with two attached hydrogens (primary N) is 1. The summed E-state index contributed by atoms with van der Waals surface area (Å²) < 4.78 is 11.1. The van der Waals surface area contributed by atoms with Gasteiger partial charge in [-0.3, -0.25) is 0 Å². The fraction of sp³-hybridized carbons (Fsp3) is 0.391. The van der Waals surface area contributed by atoms with Crippen LogP contribution in [0.25, 0.3) is 22.2 Å². The van der Waals surface area contributed by atoms with Crippen molar-refractivity contribution in [1.82, 2.24) is 4.98 Å². The molecule has 27 heavy (non-hydrogen) atoms. The third-order valence-corrected chi connectivity index (χ3v) is 5.37. The van der Waals surface area contributed by atoms with E-state index in [4.69, 9.17) is 15.2 Å². The maximum atomic E-state index is 5.73. The molecule has 0 bridgehead atoms. The normalized spacial score (nSPS) is 12.8. The van der Waals surface area contributed by atoms with E-state index >= 15 is 0 Å². The van der Waals surface area contributed by atoms with E-state index in [9.17, 15) is 0 Å². The standard InChI is InChI=1S/C23H28N2O2/c1-2-3-7-16-8-6-10-19-18(9-4-5-13-24)23(25-22(16)19)17-11-12-20-21(14-17)27-15-26-20/h6,8,10-12,14,25H,2-5,7,9,13,15,24H2,1H3. The van der Waals surface area contributed by atoms with Gasteiger partial charge in [0.25, 0.3) is 0 Å². The molecule has 0 saturated carbocycles. The number of aromatic amines is 1. The van der Waals surface area contributed by atoms with Crippen molar-refractivity contribution in [3.05, 3.63) is 47.5 Å². The fourth-order valence-corrected chi connectivity index (χ4v) is 3.91. The topological polar surface area (TPSA) is 60.3 Å². The smallest absolute Gasteiger partial charge is 0.231 e. The fourth-order valence-electron chi connectivity index (χ4n) is 3.91. The summed E-state index contributed by atoms with van der Waals surface area (Å²) in [5, 5.41) is 1.34. The van der Waals surface area contributed by atoms with Crippen molar-refractivity contribution >= 4 is 10.9 Å². The molecule has 0 unspecified atom stereocenters. The van der Waals surface area contributed by atoms with Crippen LogP contribution < -0.4 is 15.2 Å². The number of unbranched alkanes of at least 4 members (excludes halogenated alkanes) is 2. The van der Waals surface area contributed by atoms with E-state index in [-0.39, 0.29) is 0 Å². The van der Waals surface area contributed by atoms with E-state index in [1.54, 1.807) is 0 Å². The Bertz CT molecular complexity index is 930. The number of aryl methyl sites for hydroxylation is 2. The molecule has 0 aliphatic carbocycles. The number of nitrogens with one attached hydrogen (secondary N) is 1. The van der Waals surface area contributed by atoms with Crippen LogP contribution >= 0.6 is 0 Å². The van der Waals surface area contributed by atoms with Gasteiger partial charge in [-0.2, -0.15) is 0 Å². The number of aromatic nitrogens is 1. The van der Waals surface area contributed by atoms with Crippen molar-refractivity contribution in [3.8, 4) is 22.8 Å². The zero-order valence-corrected chi connectivity index (χ0v) is 16.0. The Kier molecular flexibility index (Phi) is 5.35. The average Bonchev–Trinajstić information content (AvgIpc) is 3.31. The molecule has 142 valence electrons. The predicted octanol–water partition coefficient (Wildman–Crippen LogP) is 5.19. The molecule has 0 spiro atoms. The molecule has 4 nitrogen and oxygen atoms in total. The Morgan fingerprint density at radius 1 is 1.00 bits per heavy atom. The van der Waals surface area contributed by atoms with E-state index in [2.05, 4.69) is 42.2 Å². The van der Waals surface area contributed by atoms with Gasteiger partial charge in [0.15, 0.2) is 11.5 Å². The first kappa shape index (κ1) is 17.9. The van der Waals surface area contributed by atoms with Crippen LogP contribution in [0.2, 0.25) is 0 Å². The molecule has 0 fully saturated rings. The summed E-state index contributed by atoms with van der Waals surface area (Å²) in [4.78, 5) is 3.75. The van der Waals surface area contributed by atoms with E-state index in [1.165, 1.54) is 40.6 Å². The van der Waals surface area contributed by atoms with Crippen molar-refractivity contribution in [3.63, 3.8) is 0 Å². The number of ether oxygens (including phenoxy) is 2. The molecule has 3 aromatic rings. The third kappa shape index (κ3) is 3.54. The molecular weight excluding hydrogens is 336 g/mol. The molecule has 2 heterocycles. The van der Waals surface area contributed by atoms with Crippen molar-refractivity contribution in [1.29, 1.82) is 0 Å². The minimum absolute atomic E-state index is 0.302. The number of hydrogen-bond donors (Lipinski definition) is 2. The number of para-hydroxylation sites is 1. The van der Waals surface area contributed by atoms with Gasteiger partial charge in [0, 0.05) is 22.2 Å². The van der Waals surface area contributed by atoms with Crippen molar-refractivity contribution < 1.29 is 9.47 Å².